The smallest absolute Gasteiger partial charge is 0.348 e. The lowest BCUT2D eigenvalue weighted by molar-refractivity contribution is 0.0475. The maximum Gasteiger partial charge on any atom is 0.348 e. The second-order valence-electron chi connectivity index (χ2n) is 6.08. The van der Waals surface area contributed by atoms with Crippen molar-refractivity contribution in [2.75, 3.05) is 0 Å². The van der Waals surface area contributed by atoms with Gasteiger partial charge >= 0.3 is 5.97 Å². The van der Waals surface area contributed by atoms with Crippen LogP contribution in [0, 0.1) is 18.6 Å². The standard InChI is InChI=1S/C20H13ClF2N2O2S/c1-11-14-9-18(20(26)27-10-15-16(21)3-2-4-17(15)23)28-19(14)25(24-11)13-7-5-12(22)6-8-13/h2-9H,10H2,1H3. The van der Waals surface area contributed by atoms with E-state index in [4.69, 9.17) is 16.3 Å². The van der Waals surface area contributed by atoms with Gasteiger partial charge in [0.2, 0.25) is 0 Å². The largest absolute Gasteiger partial charge is 0.456 e. The normalized spacial score (nSPS) is 11.1. The molecule has 0 atom stereocenters. The van der Waals surface area contributed by atoms with E-state index in [9.17, 15) is 13.6 Å². The van der Waals surface area contributed by atoms with Gasteiger partial charge in [0, 0.05) is 10.9 Å². The minimum Gasteiger partial charge on any atom is -0.456 e. The van der Waals surface area contributed by atoms with E-state index in [0.29, 0.717) is 10.6 Å². The maximum absolute atomic E-state index is 13.8. The van der Waals surface area contributed by atoms with E-state index in [2.05, 4.69) is 5.10 Å². The minimum absolute atomic E-state index is 0.132. The lowest BCUT2D eigenvalue weighted by atomic mass is 10.2. The van der Waals surface area contributed by atoms with Gasteiger partial charge in [0.05, 0.1) is 16.4 Å². The molecule has 0 aliphatic carbocycles. The summed E-state index contributed by atoms with van der Waals surface area (Å²) >= 11 is 7.16. The molecule has 142 valence electrons. The Kier molecular flexibility index (Phi) is 4.87. The van der Waals surface area contributed by atoms with Crippen LogP contribution in [0.5, 0.6) is 0 Å². The quantitative estimate of drug-likeness (QED) is 0.400. The third-order valence-electron chi connectivity index (χ3n) is 4.23. The van der Waals surface area contributed by atoms with Crippen molar-refractivity contribution in [1.82, 2.24) is 9.78 Å². The highest BCUT2D eigenvalue weighted by Gasteiger charge is 2.19. The molecule has 8 heteroatoms. The highest BCUT2D eigenvalue weighted by molar-refractivity contribution is 7.20. The van der Waals surface area contributed by atoms with Crippen molar-refractivity contribution >= 4 is 39.1 Å². The first-order valence-electron chi connectivity index (χ1n) is 8.29. The summed E-state index contributed by atoms with van der Waals surface area (Å²) in [7, 11) is 0. The number of halogens is 3. The van der Waals surface area contributed by atoms with E-state index in [1.165, 1.54) is 41.7 Å². The van der Waals surface area contributed by atoms with Gasteiger partial charge in [-0.05, 0) is 49.4 Å². The Morgan fingerprint density at radius 2 is 1.96 bits per heavy atom. The Morgan fingerprint density at radius 1 is 1.21 bits per heavy atom. The summed E-state index contributed by atoms with van der Waals surface area (Å²) in [5.74, 6) is -1.45. The zero-order valence-corrected chi connectivity index (χ0v) is 16.2. The van der Waals surface area contributed by atoms with Gasteiger partial charge in [-0.1, -0.05) is 17.7 Å². The van der Waals surface area contributed by atoms with Crippen LogP contribution >= 0.6 is 22.9 Å². The fourth-order valence-corrected chi connectivity index (χ4v) is 4.08. The lowest BCUT2D eigenvalue weighted by Crippen LogP contribution is -2.05. The van der Waals surface area contributed by atoms with Gasteiger partial charge in [0.25, 0.3) is 0 Å². The van der Waals surface area contributed by atoms with Gasteiger partial charge in [-0.15, -0.1) is 11.3 Å². The van der Waals surface area contributed by atoms with E-state index in [1.807, 2.05) is 6.92 Å². The molecule has 0 spiro atoms. The SMILES string of the molecule is Cc1nn(-c2ccc(F)cc2)c2sc(C(=O)OCc3c(F)cccc3Cl)cc12. The molecule has 0 unspecified atom stereocenters. The Balaban J connectivity index is 1.62. The summed E-state index contributed by atoms with van der Waals surface area (Å²) < 4.78 is 33.9. The fourth-order valence-electron chi connectivity index (χ4n) is 2.78. The number of hydrogen-bond acceptors (Lipinski definition) is 4. The van der Waals surface area contributed by atoms with E-state index >= 15 is 0 Å². The van der Waals surface area contributed by atoms with Crippen molar-refractivity contribution < 1.29 is 18.3 Å². The summed E-state index contributed by atoms with van der Waals surface area (Å²) in [5.41, 5.74) is 1.54. The molecule has 0 bridgehead atoms. The number of thiophene rings is 1. The Labute approximate surface area is 167 Å². The topological polar surface area (TPSA) is 44.1 Å². The number of nitrogens with zero attached hydrogens (tertiary/aromatic N) is 2. The number of aromatic nitrogens is 2. The molecule has 2 aromatic carbocycles. The molecule has 0 N–H and O–H groups in total. The van der Waals surface area contributed by atoms with E-state index in [-0.39, 0.29) is 23.0 Å². The van der Waals surface area contributed by atoms with E-state index in [1.54, 1.807) is 22.9 Å². The molecule has 0 saturated heterocycles. The Bertz CT molecular complexity index is 1160. The molecule has 0 radical (unpaired) electrons. The predicted octanol–water partition coefficient (Wildman–Crippen LogP) is 5.68. The zero-order valence-electron chi connectivity index (χ0n) is 14.6. The summed E-state index contributed by atoms with van der Waals surface area (Å²) in [6, 6.07) is 11.9. The van der Waals surface area contributed by atoms with Gasteiger partial charge in [0.15, 0.2) is 0 Å². The zero-order chi connectivity index (χ0) is 19.8. The second-order valence-corrected chi connectivity index (χ2v) is 7.52. The number of aryl methyl sites for hydroxylation is 1. The van der Waals surface area contributed by atoms with Gasteiger partial charge in [-0.25, -0.2) is 18.3 Å². The molecule has 0 saturated carbocycles. The van der Waals surface area contributed by atoms with Crippen molar-refractivity contribution in [3.8, 4) is 5.69 Å². The number of fused-ring (bicyclic) bond motifs is 1. The number of benzene rings is 2. The van der Waals surface area contributed by atoms with Crippen LogP contribution in [-0.4, -0.2) is 15.7 Å². The Hall–Kier alpha value is -2.77. The number of ether oxygens (including phenoxy) is 1. The van der Waals surface area contributed by atoms with Crippen molar-refractivity contribution in [2.24, 2.45) is 0 Å². The summed E-state index contributed by atoms with van der Waals surface area (Å²) in [4.78, 5) is 13.6. The van der Waals surface area contributed by atoms with Crippen LogP contribution in [-0.2, 0) is 11.3 Å². The molecule has 4 rings (SSSR count). The third-order valence-corrected chi connectivity index (χ3v) is 5.67. The summed E-state index contributed by atoms with van der Waals surface area (Å²) in [6.45, 7) is 1.56. The molecular formula is C20H13ClF2N2O2S. The summed E-state index contributed by atoms with van der Waals surface area (Å²) in [6.07, 6.45) is 0. The van der Waals surface area contributed by atoms with Crippen LogP contribution < -0.4 is 0 Å². The van der Waals surface area contributed by atoms with Gasteiger partial charge in [-0.3, -0.25) is 0 Å². The van der Waals surface area contributed by atoms with Crippen molar-refractivity contribution in [2.45, 2.75) is 13.5 Å². The van der Waals surface area contributed by atoms with Gasteiger partial charge in [0.1, 0.15) is 27.9 Å². The molecule has 0 amide bonds. The molecule has 4 aromatic rings. The Morgan fingerprint density at radius 3 is 2.68 bits per heavy atom. The average molecular weight is 419 g/mol. The number of hydrogen-bond donors (Lipinski definition) is 0. The molecule has 2 aromatic heterocycles. The van der Waals surface area contributed by atoms with Crippen molar-refractivity contribution in [1.29, 1.82) is 0 Å². The minimum atomic E-state index is -0.578. The highest BCUT2D eigenvalue weighted by atomic mass is 35.5. The molecule has 0 aliphatic rings. The molecule has 4 nitrogen and oxygen atoms in total. The first kappa shape index (κ1) is 18.6. The van der Waals surface area contributed by atoms with Crippen molar-refractivity contribution in [3.63, 3.8) is 0 Å². The lowest BCUT2D eigenvalue weighted by Gasteiger charge is -2.06. The van der Waals surface area contributed by atoms with Crippen LogP contribution in [0.4, 0.5) is 8.78 Å². The number of esters is 1. The fraction of sp³-hybridized carbons (Fsp3) is 0.100. The first-order chi connectivity index (χ1) is 13.4. The number of carbonyl (C=O) groups is 1. The third kappa shape index (κ3) is 3.39. The van der Waals surface area contributed by atoms with Crippen LogP contribution in [0.1, 0.15) is 20.9 Å². The van der Waals surface area contributed by atoms with Crippen LogP contribution in [0.3, 0.4) is 0 Å². The maximum atomic E-state index is 13.8. The monoisotopic (exact) mass is 418 g/mol. The van der Waals surface area contributed by atoms with Crippen LogP contribution in [0.25, 0.3) is 15.9 Å². The van der Waals surface area contributed by atoms with E-state index < -0.39 is 11.8 Å². The number of carbonyl (C=O) groups excluding carboxylic acids is 1. The molecule has 2 heterocycles. The average Bonchev–Trinajstić information content (AvgIpc) is 3.23. The van der Waals surface area contributed by atoms with Crippen molar-refractivity contribution in [3.05, 3.63) is 81.3 Å². The van der Waals surface area contributed by atoms with Gasteiger partial charge in [-0.2, -0.15) is 5.10 Å². The summed E-state index contributed by atoms with van der Waals surface area (Å²) in [5, 5.41) is 5.45. The van der Waals surface area contributed by atoms with E-state index in [0.717, 1.165) is 15.9 Å². The first-order valence-corrected chi connectivity index (χ1v) is 9.48. The predicted molar refractivity (Wildman–Crippen MR) is 104 cm³/mol. The molecule has 0 fully saturated rings. The van der Waals surface area contributed by atoms with Gasteiger partial charge < -0.3 is 4.74 Å². The number of rotatable bonds is 4. The van der Waals surface area contributed by atoms with Crippen LogP contribution in [0.2, 0.25) is 5.02 Å². The molecule has 0 aliphatic heterocycles. The van der Waals surface area contributed by atoms with Crippen LogP contribution in [0.15, 0.2) is 48.5 Å². The molecule has 28 heavy (non-hydrogen) atoms. The molecular weight excluding hydrogens is 406 g/mol. The second kappa shape index (κ2) is 7.33. The highest BCUT2D eigenvalue weighted by Crippen LogP contribution is 2.31.